The molecule has 3 heteroatoms. The second-order valence-corrected chi connectivity index (χ2v) is 2.57. The van der Waals surface area contributed by atoms with Gasteiger partial charge in [0.25, 0.3) is 0 Å². The van der Waals surface area contributed by atoms with Crippen LogP contribution in [-0.2, 0) is 0 Å². The van der Waals surface area contributed by atoms with Crippen LogP contribution in [0.25, 0.3) is 6.20 Å². The van der Waals surface area contributed by atoms with Crippen LogP contribution in [0.3, 0.4) is 0 Å². The van der Waals surface area contributed by atoms with Crippen LogP contribution in [0.2, 0.25) is 0 Å². The van der Waals surface area contributed by atoms with Crippen molar-refractivity contribution in [3.05, 3.63) is 29.6 Å². The van der Waals surface area contributed by atoms with Crippen molar-refractivity contribution in [2.75, 3.05) is 0 Å². The van der Waals surface area contributed by atoms with Gasteiger partial charge < -0.3 is 0 Å². The molecule has 1 aromatic rings. The van der Waals surface area contributed by atoms with Crippen molar-refractivity contribution in [2.45, 2.75) is 20.8 Å². The summed E-state index contributed by atoms with van der Waals surface area (Å²) in [4.78, 5) is 0. The first-order chi connectivity index (χ1) is 5.75. The molecule has 0 radical (unpaired) electrons. The SMILES string of the molecule is C/C=C\C=C/n1nnc(C)c1C. The third kappa shape index (κ3) is 1.81. The molecule has 0 aliphatic rings. The Morgan fingerprint density at radius 1 is 1.25 bits per heavy atom. The number of aromatic nitrogens is 3. The van der Waals surface area contributed by atoms with Crippen LogP contribution in [0.5, 0.6) is 0 Å². The molecular formula is C9H13N3. The Morgan fingerprint density at radius 2 is 2.00 bits per heavy atom. The lowest BCUT2D eigenvalue weighted by molar-refractivity contribution is 0.821. The van der Waals surface area contributed by atoms with E-state index in [2.05, 4.69) is 10.3 Å². The first-order valence-electron chi connectivity index (χ1n) is 3.93. The molecule has 3 nitrogen and oxygen atoms in total. The van der Waals surface area contributed by atoms with Crippen LogP contribution in [-0.4, -0.2) is 15.0 Å². The maximum absolute atomic E-state index is 3.93. The highest BCUT2D eigenvalue weighted by atomic mass is 15.4. The molecule has 0 aliphatic heterocycles. The Morgan fingerprint density at radius 3 is 2.50 bits per heavy atom. The summed E-state index contributed by atoms with van der Waals surface area (Å²) in [6.45, 7) is 5.92. The Hall–Kier alpha value is -1.38. The molecule has 12 heavy (non-hydrogen) atoms. The van der Waals surface area contributed by atoms with Gasteiger partial charge in [-0.1, -0.05) is 17.4 Å². The summed E-state index contributed by atoms with van der Waals surface area (Å²) in [5, 5.41) is 7.87. The van der Waals surface area contributed by atoms with Crippen molar-refractivity contribution in [3.8, 4) is 0 Å². The minimum absolute atomic E-state index is 0.972. The van der Waals surface area contributed by atoms with Crippen molar-refractivity contribution >= 4 is 6.20 Å². The van der Waals surface area contributed by atoms with Gasteiger partial charge in [0.05, 0.1) is 11.4 Å². The van der Waals surface area contributed by atoms with Crippen molar-refractivity contribution in [3.63, 3.8) is 0 Å². The molecule has 0 unspecified atom stereocenters. The van der Waals surface area contributed by atoms with Crippen molar-refractivity contribution in [1.82, 2.24) is 15.0 Å². The van der Waals surface area contributed by atoms with Crippen LogP contribution in [0, 0.1) is 13.8 Å². The smallest absolute Gasteiger partial charge is 0.0829 e. The summed E-state index contributed by atoms with van der Waals surface area (Å²) in [5.74, 6) is 0. The lowest BCUT2D eigenvalue weighted by atomic mass is 10.4. The van der Waals surface area contributed by atoms with E-state index in [-0.39, 0.29) is 0 Å². The molecule has 0 spiro atoms. The summed E-state index contributed by atoms with van der Waals surface area (Å²) < 4.78 is 1.76. The number of aryl methyl sites for hydroxylation is 1. The van der Waals surface area contributed by atoms with E-state index in [1.54, 1.807) is 4.68 Å². The molecule has 1 aromatic heterocycles. The first kappa shape index (κ1) is 8.71. The van der Waals surface area contributed by atoms with Crippen LogP contribution >= 0.6 is 0 Å². The average Bonchev–Trinajstić information content (AvgIpc) is 2.36. The molecule has 1 heterocycles. The molecule has 0 atom stereocenters. The maximum atomic E-state index is 3.93. The normalized spacial score (nSPS) is 11.9. The summed E-state index contributed by atoms with van der Waals surface area (Å²) >= 11 is 0. The van der Waals surface area contributed by atoms with Gasteiger partial charge in [0.1, 0.15) is 0 Å². The first-order valence-corrected chi connectivity index (χ1v) is 3.93. The van der Waals surface area contributed by atoms with Crippen LogP contribution in [0.4, 0.5) is 0 Å². The number of allylic oxidation sites excluding steroid dienone is 3. The fourth-order valence-corrected chi connectivity index (χ4v) is 0.804. The van der Waals surface area contributed by atoms with Crippen molar-refractivity contribution in [1.29, 1.82) is 0 Å². The second kappa shape index (κ2) is 3.85. The van der Waals surface area contributed by atoms with Gasteiger partial charge in [-0.15, -0.1) is 5.10 Å². The quantitative estimate of drug-likeness (QED) is 0.624. The second-order valence-electron chi connectivity index (χ2n) is 2.57. The highest BCUT2D eigenvalue weighted by Gasteiger charge is 1.98. The average molecular weight is 163 g/mol. The van der Waals surface area contributed by atoms with E-state index >= 15 is 0 Å². The fraction of sp³-hybridized carbons (Fsp3) is 0.333. The zero-order valence-corrected chi connectivity index (χ0v) is 7.65. The van der Waals surface area contributed by atoms with Gasteiger partial charge >= 0.3 is 0 Å². The lowest BCUT2D eigenvalue weighted by Crippen LogP contribution is -1.91. The predicted molar refractivity (Wildman–Crippen MR) is 49.6 cm³/mol. The van der Waals surface area contributed by atoms with E-state index in [0.29, 0.717) is 0 Å². The minimum Gasteiger partial charge on any atom is -0.225 e. The van der Waals surface area contributed by atoms with E-state index in [0.717, 1.165) is 11.4 Å². The van der Waals surface area contributed by atoms with Gasteiger partial charge in [-0.2, -0.15) is 0 Å². The minimum atomic E-state index is 0.972. The third-order valence-corrected chi connectivity index (χ3v) is 1.69. The number of hydrogen-bond acceptors (Lipinski definition) is 2. The lowest BCUT2D eigenvalue weighted by Gasteiger charge is -1.91. The van der Waals surface area contributed by atoms with Crippen molar-refractivity contribution < 1.29 is 0 Å². The van der Waals surface area contributed by atoms with Gasteiger partial charge in [0, 0.05) is 6.20 Å². The Balaban J connectivity index is 2.82. The molecule has 64 valence electrons. The third-order valence-electron chi connectivity index (χ3n) is 1.69. The zero-order chi connectivity index (χ0) is 8.97. The summed E-state index contributed by atoms with van der Waals surface area (Å²) in [5.41, 5.74) is 2.05. The predicted octanol–water partition coefficient (Wildman–Crippen LogP) is 1.94. The highest BCUT2D eigenvalue weighted by molar-refractivity contribution is 5.29. The van der Waals surface area contributed by atoms with Crippen molar-refractivity contribution in [2.24, 2.45) is 0 Å². The molecule has 0 saturated heterocycles. The molecule has 0 aromatic carbocycles. The Kier molecular flexibility index (Phi) is 2.80. The summed E-state index contributed by atoms with van der Waals surface area (Å²) in [6, 6.07) is 0. The molecule has 0 aliphatic carbocycles. The van der Waals surface area contributed by atoms with E-state index in [4.69, 9.17) is 0 Å². The van der Waals surface area contributed by atoms with Crippen LogP contribution in [0.15, 0.2) is 18.2 Å². The molecule has 0 fully saturated rings. The molecule has 0 amide bonds. The van der Waals surface area contributed by atoms with Crippen LogP contribution < -0.4 is 0 Å². The largest absolute Gasteiger partial charge is 0.225 e. The molecule has 0 bridgehead atoms. The zero-order valence-electron chi connectivity index (χ0n) is 7.65. The molecule has 0 saturated carbocycles. The van der Waals surface area contributed by atoms with Gasteiger partial charge in [-0.25, -0.2) is 4.68 Å². The van der Waals surface area contributed by atoms with Gasteiger partial charge in [-0.05, 0) is 26.8 Å². The highest BCUT2D eigenvalue weighted by Crippen LogP contribution is 2.00. The summed E-state index contributed by atoms with van der Waals surface area (Å²) in [6.07, 6.45) is 7.74. The monoisotopic (exact) mass is 163 g/mol. The van der Waals surface area contributed by atoms with E-state index in [9.17, 15) is 0 Å². The Bertz CT molecular complexity index is 308. The molecular weight excluding hydrogens is 150 g/mol. The maximum Gasteiger partial charge on any atom is 0.0829 e. The molecule has 0 N–H and O–H groups in total. The van der Waals surface area contributed by atoms with Gasteiger partial charge in [0.2, 0.25) is 0 Å². The number of nitrogens with zero attached hydrogens (tertiary/aromatic N) is 3. The van der Waals surface area contributed by atoms with Gasteiger partial charge in [0.15, 0.2) is 0 Å². The topological polar surface area (TPSA) is 30.7 Å². The van der Waals surface area contributed by atoms with Crippen LogP contribution in [0.1, 0.15) is 18.3 Å². The fourth-order valence-electron chi connectivity index (χ4n) is 0.804. The number of rotatable bonds is 2. The van der Waals surface area contributed by atoms with E-state index < -0.39 is 0 Å². The van der Waals surface area contributed by atoms with E-state index in [1.807, 2.05) is 45.2 Å². The summed E-state index contributed by atoms with van der Waals surface area (Å²) in [7, 11) is 0. The van der Waals surface area contributed by atoms with Gasteiger partial charge in [-0.3, -0.25) is 0 Å². The number of hydrogen-bond donors (Lipinski definition) is 0. The Labute approximate surface area is 72.4 Å². The standard InChI is InChI=1S/C9H13N3/c1-4-5-6-7-12-9(3)8(2)10-11-12/h4-7H,1-3H3/b5-4-,7-6-. The molecule has 1 rings (SSSR count). The van der Waals surface area contributed by atoms with E-state index in [1.165, 1.54) is 0 Å².